The summed E-state index contributed by atoms with van der Waals surface area (Å²) >= 11 is 1.76. The molecule has 2 rings (SSSR count). The van der Waals surface area contributed by atoms with Gasteiger partial charge in [0.1, 0.15) is 0 Å². The van der Waals surface area contributed by atoms with E-state index in [-0.39, 0.29) is 12.0 Å². The Kier molecular flexibility index (Phi) is 5.40. The third-order valence-corrected chi connectivity index (χ3v) is 4.97. The molecule has 4 heteroatoms. The number of carboxylic acids is 1. The van der Waals surface area contributed by atoms with Crippen molar-refractivity contribution in [3.8, 4) is 0 Å². The van der Waals surface area contributed by atoms with Crippen LogP contribution in [0.15, 0.2) is 17.5 Å². The smallest absolute Gasteiger partial charge is 0.308 e. The zero-order valence-electron chi connectivity index (χ0n) is 11.5. The van der Waals surface area contributed by atoms with Crippen LogP contribution in [-0.2, 0) is 11.3 Å². The standard InChI is InChI=1S/C15H23NO2S/c1-2-16(11-12-7-6-10-19-12)14-9-5-3-4-8-13(14)15(17)18/h6-7,10,13-14H,2-5,8-9,11H2,1H3,(H,17,18). The van der Waals surface area contributed by atoms with Crippen molar-refractivity contribution in [1.82, 2.24) is 4.90 Å². The maximum absolute atomic E-state index is 11.5. The monoisotopic (exact) mass is 281 g/mol. The highest BCUT2D eigenvalue weighted by Crippen LogP contribution is 2.29. The Morgan fingerprint density at radius 1 is 1.42 bits per heavy atom. The fraction of sp³-hybridized carbons (Fsp3) is 0.667. The molecule has 0 spiro atoms. The number of hydrogen-bond donors (Lipinski definition) is 1. The van der Waals surface area contributed by atoms with Gasteiger partial charge in [0, 0.05) is 17.5 Å². The number of nitrogens with zero attached hydrogens (tertiary/aromatic N) is 1. The van der Waals surface area contributed by atoms with Crippen molar-refractivity contribution < 1.29 is 9.90 Å². The Labute approximate surface area is 119 Å². The van der Waals surface area contributed by atoms with Gasteiger partial charge in [0.05, 0.1) is 5.92 Å². The molecular weight excluding hydrogens is 258 g/mol. The van der Waals surface area contributed by atoms with Gasteiger partial charge in [-0.25, -0.2) is 0 Å². The van der Waals surface area contributed by atoms with Crippen molar-refractivity contribution in [2.45, 2.75) is 51.6 Å². The molecule has 1 N–H and O–H groups in total. The van der Waals surface area contributed by atoms with Gasteiger partial charge in [-0.1, -0.05) is 32.3 Å². The van der Waals surface area contributed by atoms with Crippen LogP contribution in [0.1, 0.15) is 43.9 Å². The molecule has 0 radical (unpaired) electrons. The number of hydrogen-bond acceptors (Lipinski definition) is 3. The largest absolute Gasteiger partial charge is 0.481 e. The fourth-order valence-corrected chi connectivity index (χ4v) is 3.81. The molecule has 0 aliphatic heterocycles. The second-order valence-electron chi connectivity index (χ2n) is 5.29. The lowest BCUT2D eigenvalue weighted by Gasteiger charge is -2.33. The maximum atomic E-state index is 11.5. The third-order valence-electron chi connectivity index (χ3n) is 4.11. The summed E-state index contributed by atoms with van der Waals surface area (Å²) in [6.07, 6.45) is 5.26. The molecule has 1 aliphatic carbocycles. The van der Waals surface area contributed by atoms with E-state index in [9.17, 15) is 9.90 Å². The highest BCUT2D eigenvalue weighted by Gasteiger charge is 2.33. The molecule has 1 fully saturated rings. The quantitative estimate of drug-likeness (QED) is 0.838. The predicted octanol–water partition coefficient (Wildman–Crippen LogP) is 3.60. The summed E-state index contributed by atoms with van der Waals surface area (Å²) in [6.45, 7) is 3.95. The van der Waals surface area contributed by atoms with E-state index >= 15 is 0 Å². The number of thiophene rings is 1. The summed E-state index contributed by atoms with van der Waals surface area (Å²) in [7, 11) is 0. The Hall–Kier alpha value is -0.870. The molecule has 0 bridgehead atoms. The summed E-state index contributed by atoms with van der Waals surface area (Å²) in [5.41, 5.74) is 0. The van der Waals surface area contributed by atoms with Crippen LogP contribution in [0.25, 0.3) is 0 Å². The molecule has 1 saturated carbocycles. The molecular formula is C15H23NO2S. The molecule has 106 valence electrons. The van der Waals surface area contributed by atoms with Crippen molar-refractivity contribution in [2.24, 2.45) is 5.92 Å². The molecule has 1 aliphatic rings. The van der Waals surface area contributed by atoms with Crippen LogP contribution in [0.3, 0.4) is 0 Å². The molecule has 1 aromatic rings. The first-order valence-electron chi connectivity index (χ1n) is 7.21. The van der Waals surface area contributed by atoms with Crippen molar-refractivity contribution in [1.29, 1.82) is 0 Å². The Morgan fingerprint density at radius 2 is 2.21 bits per heavy atom. The minimum Gasteiger partial charge on any atom is -0.481 e. The van der Waals surface area contributed by atoms with Crippen LogP contribution < -0.4 is 0 Å². The van der Waals surface area contributed by atoms with Crippen LogP contribution >= 0.6 is 11.3 Å². The summed E-state index contributed by atoms with van der Waals surface area (Å²) in [5, 5.41) is 11.6. The molecule has 19 heavy (non-hydrogen) atoms. The first kappa shape index (κ1) is 14.5. The van der Waals surface area contributed by atoms with E-state index in [0.29, 0.717) is 0 Å². The molecule has 1 aromatic heterocycles. The minimum absolute atomic E-state index is 0.192. The van der Waals surface area contributed by atoms with Gasteiger partial charge in [-0.15, -0.1) is 11.3 Å². The van der Waals surface area contributed by atoms with E-state index in [1.807, 2.05) is 0 Å². The molecule has 1 heterocycles. The summed E-state index contributed by atoms with van der Waals surface area (Å²) in [5.74, 6) is -0.807. The first-order chi connectivity index (χ1) is 9.22. The molecule has 0 amide bonds. The van der Waals surface area contributed by atoms with Gasteiger partial charge in [-0.2, -0.15) is 0 Å². The fourth-order valence-electron chi connectivity index (χ4n) is 3.08. The Bertz CT molecular complexity index is 391. The van der Waals surface area contributed by atoms with E-state index in [1.54, 1.807) is 11.3 Å². The second kappa shape index (κ2) is 7.06. The van der Waals surface area contributed by atoms with Gasteiger partial charge < -0.3 is 5.11 Å². The number of rotatable bonds is 5. The second-order valence-corrected chi connectivity index (χ2v) is 6.32. The van der Waals surface area contributed by atoms with E-state index in [2.05, 4.69) is 29.3 Å². The molecule has 0 aromatic carbocycles. The summed E-state index contributed by atoms with van der Waals surface area (Å²) in [4.78, 5) is 15.2. The van der Waals surface area contributed by atoms with Crippen LogP contribution in [0.5, 0.6) is 0 Å². The zero-order chi connectivity index (χ0) is 13.7. The van der Waals surface area contributed by atoms with Gasteiger partial charge in [-0.05, 0) is 30.8 Å². The zero-order valence-corrected chi connectivity index (χ0v) is 12.4. The number of aliphatic carboxylic acids is 1. The van der Waals surface area contributed by atoms with E-state index in [1.165, 1.54) is 11.3 Å². The highest BCUT2D eigenvalue weighted by molar-refractivity contribution is 7.09. The molecule has 2 atom stereocenters. The lowest BCUT2D eigenvalue weighted by atomic mass is 9.93. The topological polar surface area (TPSA) is 40.5 Å². The average Bonchev–Trinajstić information content (AvgIpc) is 2.78. The minimum atomic E-state index is -0.614. The van der Waals surface area contributed by atoms with E-state index in [0.717, 1.165) is 38.8 Å². The molecule has 0 saturated heterocycles. The van der Waals surface area contributed by atoms with Gasteiger partial charge in [0.25, 0.3) is 0 Å². The van der Waals surface area contributed by atoms with Crippen LogP contribution in [0.4, 0.5) is 0 Å². The maximum Gasteiger partial charge on any atom is 0.308 e. The van der Waals surface area contributed by atoms with Crippen LogP contribution in [0.2, 0.25) is 0 Å². The van der Waals surface area contributed by atoms with Crippen LogP contribution in [0, 0.1) is 5.92 Å². The van der Waals surface area contributed by atoms with Gasteiger partial charge in [-0.3, -0.25) is 9.69 Å². The van der Waals surface area contributed by atoms with Crippen molar-refractivity contribution in [3.63, 3.8) is 0 Å². The van der Waals surface area contributed by atoms with Crippen LogP contribution in [-0.4, -0.2) is 28.6 Å². The number of carboxylic acid groups (broad SMARTS) is 1. The molecule has 2 unspecified atom stereocenters. The normalized spacial score (nSPS) is 24.3. The average molecular weight is 281 g/mol. The Morgan fingerprint density at radius 3 is 2.84 bits per heavy atom. The summed E-state index contributed by atoms with van der Waals surface area (Å²) < 4.78 is 0. The van der Waals surface area contributed by atoms with E-state index in [4.69, 9.17) is 0 Å². The summed E-state index contributed by atoms with van der Waals surface area (Å²) in [6, 6.07) is 4.40. The van der Waals surface area contributed by atoms with Crippen molar-refractivity contribution in [2.75, 3.05) is 6.54 Å². The Balaban J connectivity index is 2.10. The number of carbonyl (C=O) groups is 1. The van der Waals surface area contributed by atoms with Crippen molar-refractivity contribution >= 4 is 17.3 Å². The molecule has 3 nitrogen and oxygen atoms in total. The lowest BCUT2D eigenvalue weighted by Crippen LogP contribution is -2.42. The first-order valence-corrected chi connectivity index (χ1v) is 8.09. The highest BCUT2D eigenvalue weighted by atomic mass is 32.1. The SMILES string of the molecule is CCN(Cc1cccs1)C1CCCCCC1C(=O)O. The van der Waals surface area contributed by atoms with Gasteiger partial charge in [0.15, 0.2) is 0 Å². The van der Waals surface area contributed by atoms with E-state index < -0.39 is 5.97 Å². The van der Waals surface area contributed by atoms with Crippen molar-refractivity contribution in [3.05, 3.63) is 22.4 Å². The predicted molar refractivity (Wildman–Crippen MR) is 78.4 cm³/mol. The lowest BCUT2D eigenvalue weighted by molar-refractivity contribution is -0.144. The third kappa shape index (κ3) is 3.80. The van der Waals surface area contributed by atoms with Gasteiger partial charge >= 0.3 is 5.97 Å². The van der Waals surface area contributed by atoms with Gasteiger partial charge in [0.2, 0.25) is 0 Å².